The van der Waals surface area contributed by atoms with Crippen molar-refractivity contribution in [2.24, 2.45) is 0 Å². The zero-order chi connectivity index (χ0) is 18.2. The molecule has 25 heavy (non-hydrogen) atoms. The SMILES string of the molecule is [C-]#[N+]c1cc2c(N)ncnn2c1C1CCN(C(=O)OC(C)(C)C)CC1. The summed E-state index contributed by atoms with van der Waals surface area (Å²) in [6, 6.07) is 1.73. The van der Waals surface area contributed by atoms with Gasteiger partial charge in [-0.25, -0.2) is 19.1 Å². The third-order valence-electron chi connectivity index (χ3n) is 4.27. The number of hydrogen-bond acceptors (Lipinski definition) is 5. The zero-order valence-electron chi connectivity index (χ0n) is 14.7. The molecule has 3 heterocycles. The van der Waals surface area contributed by atoms with E-state index in [1.807, 2.05) is 20.8 Å². The molecule has 1 amide bonds. The summed E-state index contributed by atoms with van der Waals surface area (Å²) in [5.74, 6) is 0.497. The molecule has 0 unspecified atom stereocenters. The molecule has 0 aromatic carbocycles. The molecule has 1 fully saturated rings. The van der Waals surface area contributed by atoms with Crippen molar-refractivity contribution in [1.82, 2.24) is 19.5 Å². The molecule has 0 saturated carbocycles. The summed E-state index contributed by atoms with van der Waals surface area (Å²) < 4.78 is 7.14. The first-order valence-electron chi connectivity index (χ1n) is 8.27. The molecule has 8 heteroatoms. The smallest absolute Gasteiger partial charge is 0.410 e. The van der Waals surface area contributed by atoms with Gasteiger partial charge in [0, 0.05) is 13.1 Å². The number of carbonyl (C=O) groups excluding carboxylic acids is 1. The van der Waals surface area contributed by atoms with Gasteiger partial charge in [0.15, 0.2) is 0 Å². The van der Waals surface area contributed by atoms with Crippen molar-refractivity contribution in [1.29, 1.82) is 0 Å². The maximum Gasteiger partial charge on any atom is 0.410 e. The molecule has 3 rings (SSSR count). The maximum absolute atomic E-state index is 12.2. The molecule has 0 aliphatic carbocycles. The highest BCUT2D eigenvalue weighted by Gasteiger charge is 2.30. The summed E-state index contributed by atoms with van der Waals surface area (Å²) in [6.45, 7) is 14.2. The van der Waals surface area contributed by atoms with E-state index in [0.717, 1.165) is 18.5 Å². The number of anilines is 1. The van der Waals surface area contributed by atoms with Crippen LogP contribution >= 0.6 is 0 Å². The van der Waals surface area contributed by atoms with E-state index in [4.69, 9.17) is 17.0 Å². The molecule has 0 radical (unpaired) electrons. The average Bonchev–Trinajstić information content (AvgIpc) is 2.93. The summed E-state index contributed by atoms with van der Waals surface area (Å²) in [5.41, 5.74) is 7.44. The van der Waals surface area contributed by atoms with Crippen LogP contribution in [0.2, 0.25) is 0 Å². The lowest BCUT2D eigenvalue weighted by molar-refractivity contribution is 0.0204. The molecule has 2 aromatic rings. The van der Waals surface area contributed by atoms with Gasteiger partial charge in [-0.2, -0.15) is 5.10 Å². The van der Waals surface area contributed by atoms with Gasteiger partial charge in [-0.05, 0) is 45.6 Å². The van der Waals surface area contributed by atoms with E-state index in [0.29, 0.717) is 30.1 Å². The second kappa shape index (κ2) is 6.24. The van der Waals surface area contributed by atoms with Gasteiger partial charge in [0.1, 0.15) is 17.7 Å². The molecule has 1 aliphatic heterocycles. The fraction of sp³-hybridized carbons (Fsp3) is 0.529. The highest BCUT2D eigenvalue weighted by Crippen LogP contribution is 2.37. The number of nitrogen functional groups attached to an aromatic ring is 1. The topological polar surface area (TPSA) is 90.1 Å². The van der Waals surface area contributed by atoms with Gasteiger partial charge < -0.3 is 15.4 Å². The summed E-state index contributed by atoms with van der Waals surface area (Å²) in [7, 11) is 0. The van der Waals surface area contributed by atoms with E-state index >= 15 is 0 Å². The number of aromatic nitrogens is 3. The number of hydrogen-bond donors (Lipinski definition) is 1. The minimum absolute atomic E-state index is 0.139. The Morgan fingerprint density at radius 3 is 2.68 bits per heavy atom. The second-order valence-electron chi connectivity index (χ2n) is 7.21. The zero-order valence-corrected chi connectivity index (χ0v) is 14.7. The van der Waals surface area contributed by atoms with Gasteiger partial charge in [-0.1, -0.05) is 0 Å². The summed E-state index contributed by atoms with van der Waals surface area (Å²) in [4.78, 5) is 21.5. The molecule has 0 atom stereocenters. The van der Waals surface area contributed by atoms with Crippen molar-refractivity contribution in [3.8, 4) is 0 Å². The van der Waals surface area contributed by atoms with Crippen LogP contribution in [0.5, 0.6) is 0 Å². The monoisotopic (exact) mass is 342 g/mol. The maximum atomic E-state index is 12.2. The van der Waals surface area contributed by atoms with Crippen LogP contribution in [0, 0.1) is 6.57 Å². The summed E-state index contributed by atoms with van der Waals surface area (Å²) in [5, 5.41) is 4.27. The first-order chi connectivity index (χ1) is 11.8. The number of piperidine rings is 1. The molecule has 0 spiro atoms. The van der Waals surface area contributed by atoms with Gasteiger partial charge in [-0.3, -0.25) is 0 Å². The Kier molecular flexibility index (Phi) is 4.25. The molecule has 0 bridgehead atoms. The van der Waals surface area contributed by atoms with Crippen molar-refractivity contribution < 1.29 is 9.53 Å². The Balaban J connectivity index is 1.80. The Morgan fingerprint density at radius 1 is 1.40 bits per heavy atom. The summed E-state index contributed by atoms with van der Waals surface area (Å²) in [6.07, 6.45) is 2.60. The van der Waals surface area contributed by atoms with E-state index in [1.54, 1.807) is 15.5 Å². The van der Waals surface area contributed by atoms with Crippen LogP contribution in [0.4, 0.5) is 16.3 Å². The van der Waals surface area contributed by atoms with Crippen LogP contribution in [-0.4, -0.2) is 44.3 Å². The standard InChI is InChI=1S/C17H22N6O2/c1-17(2,3)25-16(24)22-7-5-11(6-8-22)14-12(19-4)9-13-15(18)20-10-21-23(13)14/h9-11H,5-8H2,1-3H3,(H2,18,20,21). The fourth-order valence-electron chi connectivity index (χ4n) is 3.15. The quantitative estimate of drug-likeness (QED) is 0.805. The van der Waals surface area contributed by atoms with Gasteiger partial charge in [0.2, 0.25) is 5.69 Å². The van der Waals surface area contributed by atoms with Crippen molar-refractivity contribution in [2.75, 3.05) is 18.8 Å². The highest BCUT2D eigenvalue weighted by molar-refractivity contribution is 5.74. The Labute approximate surface area is 146 Å². The van der Waals surface area contributed by atoms with E-state index < -0.39 is 5.60 Å². The molecular weight excluding hydrogens is 320 g/mol. The van der Waals surface area contributed by atoms with E-state index in [2.05, 4.69) is 14.9 Å². The van der Waals surface area contributed by atoms with Crippen LogP contribution in [0.15, 0.2) is 12.4 Å². The third kappa shape index (κ3) is 3.36. The van der Waals surface area contributed by atoms with Gasteiger partial charge in [0.05, 0.1) is 17.8 Å². The van der Waals surface area contributed by atoms with Crippen LogP contribution in [0.1, 0.15) is 45.2 Å². The predicted molar refractivity (Wildman–Crippen MR) is 93.4 cm³/mol. The number of carbonyl (C=O) groups is 1. The van der Waals surface area contributed by atoms with E-state index in [9.17, 15) is 4.79 Å². The van der Waals surface area contributed by atoms with Crippen LogP contribution in [0.3, 0.4) is 0 Å². The van der Waals surface area contributed by atoms with Gasteiger partial charge in [0.25, 0.3) is 0 Å². The van der Waals surface area contributed by atoms with Crippen molar-refractivity contribution in [3.63, 3.8) is 0 Å². The molecule has 1 saturated heterocycles. The molecule has 2 aromatic heterocycles. The molecule has 8 nitrogen and oxygen atoms in total. The molecule has 1 aliphatic rings. The Bertz CT molecular complexity index is 837. The molecule has 132 valence electrons. The normalized spacial score (nSPS) is 16.0. The second-order valence-corrected chi connectivity index (χ2v) is 7.21. The first-order valence-corrected chi connectivity index (χ1v) is 8.27. The van der Waals surface area contributed by atoms with Crippen molar-refractivity contribution >= 4 is 23.1 Å². The number of ether oxygens (including phenoxy) is 1. The number of fused-ring (bicyclic) bond motifs is 1. The number of rotatable bonds is 1. The largest absolute Gasteiger partial charge is 0.444 e. The first kappa shape index (κ1) is 17.0. The Hall–Kier alpha value is -2.82. The van der Waals surface area contributed by atoms with Crippen LogP contribution in [0.25, 0.3) is 10.4 Å². The van der Waals surface area contributed by atoms with Crippen molar-refractivity contribution in [2.45, 2.75) is 45.1 Å². The lowest BCUT2D eigenvalue weighted by Crippen LogP contribution is -2.41. The number of nitrogens with zero attached hydrogens (tertiary/aromatic N) is 5. The van der Waals surface area contributed by atoms with Crippen molar-refractivity contribution in [3.05, 3.63) is 29.5 Å². The van der Waals surface area contributed by atoms with E-state index in [1.165, 1.54) is 6.33 Å². The van der Waals surface area contributed by atoms with E-state index in [-0.39, 0.29) is 12.0 Å². The number of nitrogens with two attached hydrogens (primary N) is 1. The highest BCUT2D eigenvalue weighted by atomic mass is 16.6. The number of likely N-dealkylation sites (tertiary alicyclic amines) is 1. The van der Waals surface area contributed by atoms with Crippen LogP contribution < -0.4 is 5.73 Å². The number of amides is 1. The fourth-order valence-corrected chi connectivity index (χ4v) is 3.15. The lowest BCUT2D eigenvalue weighted by atomic mass is 9.93. The minimum atomic E-state index is -0.503. The average molecular weight is 342 g/mol. The molecular formula is C17H22N6O2. The molecule has 2 N–H and O–H groups in total. The Morgan fingerprint density at radius 2 is 2.08 bits per heavy atom. The van der Waals surface area contributed by atoms with Gasteiger partial charge >= 0.3 is 6.09 Å². The summed E-state index contributed by atoms with van der Waals surface area (Å²) >= 11 is 0. The van der Waals surface area contributed by atoms with Crippen LogP contribution in [-0.2, 0) is 4.74 Å². The minimum Gasteiger partial charge on any atom is -0.444 e. The predicted octanol–water partition coefficient (Wildman–Crippen LogP) is 2.98. The van der Waals surface area contributed by atoms with Gasteiger partial charge in [-0.15, -0.1) is 0 Å². The lowest BCUT2D eigenvalue weighted by Gasteiger charge is -2.33. The third-order valence-corrected chi connectivity index (χ3v) is 4.27.